The van der Waals surface area contributed by atoms with Gasteiger partial charge in [0.05, 0.1) is 12.2 Å². The van der Waals surface area contributed by atoms with Gasteiger partial charge in [0.1, 0.15) is 0 Å². The van der Waals surface area contributed by atoms with Gasteiger partial charge in [0, 0.05) is 12.6 Å². The van der Waals surface area contributed by atoms with Crippen molar-refractivity contribution < 1.29 is 22.7 Å². The quantitative estimate of drug-likeness (QED) is 0.582. The Hall–Kier alpha value is -2.53. The summed E-state index contributed by atoms with van der Waals surface area (Å²) in [7, 11) is -3.94. The van der Waals surface area contributed by atoms with Crippen molar-refractivity contribution in [1.29, 1.82) is 0 Å². The van der Waals surface area contributed by atoms with E-state index in [-0.39, 0.29) is 27.7 Å². The molecule has 128 valence electrons. The molecule has 0 saturated carbocycles. The van der Waals surface area contributed by atoms with Crippen LogP contribution in [0.5, 0.6) is 0 Å². The zero-order chi connectivity index (χ0) is 17.7. The van der Waals surface area contributed by atoms with Crippen molar-refractivity contribution in [3.63, 3.8) is 0 Å². The summed E-state index contributed by atoms with van der Waals surface area (Å²) < 4.78 is 31.3. The largest absolute Gasteiger partial charge is 0.462 e. The molecule has 0 fully saturated rings. The number of amides is 1. The van der Waals surface area contributed by atoms with Crippen LogP contribution >= 0.6 is 11.3 Å². The summed E-state index contributed by atoms with van der Waals surface area (Å²) in [6.45, 7) is 3.22. The average Bonchev–Trinajstić information content (AvgIpc) is 2.96. The molecule has 1 heterocycles. The molecule has 0 aliphatic rings. The first kappa shape index (κ1) is 17.8. The van der Waals surface area contributed by atoms with Gasteiger partial charge in [0.15, 0.2) is 0 Å². The monoisotopic (exact) mass is 370 g/mol. The highest BCUT2D eigenvalue weighted by atomic mass is 32.2. The number of aromatic nitrogens is 2. The highest BCUT2D eigenvalue weighted by molar-refractivity contribution is 7.94. The maximum absolute atomic E-state index is 12.2. The zero-order valence-corrected chi connectivity index (χ0v) is 14.4. The summed E-state index contributed by atoms with van der Waals surface area (Å²) >= 11 is 0.723. The number of carbonyl (C=O) groups excluding carboxylic acids is 2. The topological polar surface area (TPSA) is 127 Å². The maximum Gasteiger partial charge on any atom is 0.338 e. The van der Waals surface area contributed by atoms with Gasteiger partial charge in [-0.25, -0.2) is 4.79 Å². The lowest BCUT2D eigenvalue weighted by Gasteiger charge is -2.06. The summed E-state index contributed by atoms with van der Waals surface area (Å²) in [6.07, 6.45) is 0. The molecule has 0 unspecified atom stereocenters. The van der Waals surface area contributed by atoms with E-state index in [0.29, 0.717) is 5.56 Å². The number of ether oxygens (including phenoxy) is 1. The fourth-order valence-electron chi connectivity index (χ4n) is 1.61. The molecule has 2 N–H and O–H groups in total. The van der Waals surface area contributed by atoms with Gasteiger partial charge in [0.25, 0.3) is 14.4 Å². The maximum atomic E-state index is 12.2. The first-order valence-electron chi connectivity index (χ1n) is 6.73. The van der Waals surface area contributed by atoms with Gasteiger partial charge in [-0.05, 0) is 31.2 Å². The Morgan fingerprint density at radius 1 is 1.21 bits per heavy atom. The Morgan fingerprint density at radius 2 is 1.88 bits per heavy atom. The molecule has 1 amide bonds. The van der Waals surface area contributed by atoms with Crippen molar-refractivity contribution in [1.82, 2.24) is 10.2 Å². The van der Waals surface area contributed by atoms with Crippen LogP contribution in [0.4, 0.5) is 10.8 Å². The second-order valence-corrected chi connectivity index (χ2v) is 7.29. The van der Waals surface area contributed by atoms with Crippen LogP contribution in [0.2, 0.25) is 0 Å². The molecule has 1 aromatic heterocycles. The number of esters is 1. The van der Waals surface area contributed by atoms with Crippen molar-refractivity contribution in [2.75, 3.05) is 16.6 Å². The van der Waals surface area contributed by atoms with E-state index in [1.165, 1.54) is 31.2 Å². The van der Waals surface area contributed by atoms with Crippen LogP contribution in [0, 0.1) is 0 Å². The zero-order valence-electron chi connectivity index (χ0n) is 12.8. The number of rotatable bonds is 6. The Balaban J connectivity index is 2.12. The average molecular weight is 370 g/mol. The number of nitrogens with one attached hydrogen (secondary N) is 2. The van der Waals surface area contributed by atoms with Gasteiger partial charge in [-0.2, -0.15) is 8.42 Å². The first-order valence-corrected chi connectivity index (χ1v) is 9.03. The van der Waals surface area contributed by atoms with E-state index in [1.807, 2.05) is 0 Å². The van der Waals surface area contributed by atoms with Crippen LogP contribution in [-0.2, 0) is 19.6 Å². The Labute approximate surface area is 142 Å². The van der Waals surface area contributed by atoms with Crippen molar-refractivity contribution in [3.8, 4) is 0 Å². The summed E-state index contributed by atoms with van der Waals surface area (Å²) in [4.78, 5) is 22.5. The van der Waals surface area contributed by atoms with Crippen LogP contribution in [0.25, 0.3) is 0 Å². The van der Waals surface area contributed by atoms with Crippen LogP contribution in [0.3, 0.4) is 0 Å². The van der Waals surface area contributed by atoms with E-state index in [2.05, 4.69) is 20.2 Å². The third-order valence-electron chi connectivity index (χ3n) is 2.57. The molecule has 11 heteroatoms. The van der Waals surface area contributed by atoms with Gasteiger partial charge in [-0.3, -0.25) is 9.52 Å². The molecule has 2 aromatic rings. The third-order valence-corrected chi connectivity index (χ3v) is 5.15. The summed E-state index contributed by atoms with van der Waals surface area (Å²) in [5.41, 5.74) is 0.558. The molecular formula is C13H14N4O5S2. The van der Waals surface area contributed by atoms with Gasteiger partial charge in [-0.1, -0.05) is 11.3 Å². The molecular weight excluding hydrogens is 356 g/mol. The van der Waals surface area contributed by atoms with Gasteiger partial charge in [0.2, 0.25) is 11.0 Å². The number of benzene rings is 1. The van der Waals surface area contributed by atoms with Gasteiger partial charge >= 0.3 is 5.97 Å². The third kappa shape index (κ3) is 4.49. The second kappa shape index (κ2) is 7.36. The predicted octanol–water partition coefficient (Wildman–Crippen LogP) is 1.47. The van der Waals surface area contributed by atoms with Crippen molar-refractivity contribution in [3.05, 3.63) is 29.8 Å². The molecule has 9 nitrogen and oxygen atoms in total. The lowest BCUT2D eigenvalue weighted by Crippen LogP contribution is -2.13. The van der Waals surface area contributed by atoms with E-state index in [0.717, 1.165) is 11.3 Å². The molecule has 2 rings (SSSR count). The van der Waals surface area contributed by atoms with E-state index < -0.39 is 16.0 Å². The Bertz CT molecular complexity index is 846. The standard InChI is InChI=1S/C13H14N4O5S2/c1-3-22-11(19)9-4-6-10(7-5-9)17-24(20,21)13-16-15-12(23-13)14-8(2)18/h4-7,17H,3H2,1-2H3,(H,14,15,18). The molecule has 0 spiro atoms. The summed E-state index contributed by atoms with van der Waals surface area (Å²) in [5.74, 6) is -0.867. The number of anilines is 2. The fourth-order valence-corrected chi connectivity index (χ4v) is 3.61. The Kier molecular flexibility index (Phi) is 5.46. The number of hydrogen-bond donors (Lipinski definition) is 2. The molecule has 0 aliphatic carbocycles. The van der Waals surface area contributed by atoms with E-state index >= 15 is 0 Å². The van der Waals surface area contributed by atoms with Gasteiger partial charge in [-0.15, -0.1) is 10.2 Å². The summed E-state index contributed by atoms with van der Waals surface area (Å²) in [5, 5.41) is 9.55. The predicted molar refractivity (Wildman–Crippen MR) is 87.4 cm³/mol. The molecule has 0 saturated heterocycles. The van der Waals surface area contributed by atoms with Crippen molar-refractivity contribution in [2.45, 2.75) is 18.2 Å². The lowest BCUT2D eigenvalue weighted by molar-refractivity contribution is -0.114. The molecule has 0 aliphatic heterocycles. The SMILES string of the molecule is CCOC(=O)c1ccc(NS(=O)(=O)c2nnc(NC(C)=O)s2)cc1. The lowest BCUT2D eigenvalue weighted by atomic mass is 10.2. The van der Waals surface area contributed by atoms with Gasteiger partial charge < -0.3 is 10.1 Å². The van der Waals surface area contributed by atoms with E-state index in [1.54, 1.807) is 6.92 Å². The highest BCUT2D eigenvalue weighted by Gasteiger charge is 2.21. The molecule has 0 atom stereocenters. The Morgan fingerprint density at radius 3 is 2.46 bits per heavy atom. The number of sulfonamides is 1. The first-order chi connectivity index (χ1) is 11.3. The van der Waals surface area contributed by atoms with E-state index in [4.69, 9.17) is 4.74 Å². The second-order valence-electron chi connectivity index (χ2n) is 4.46. The number of carbonyl (C=O) groups is 2. The normalized spacial score (nSPS) is 10.9. The van der Waals surface area contributed by atoms with Crippen molar-refractivity contribution >= 4 is 44.1 Å². The summed E-state index contributed by atoms with van der Waals surface area (Å²) in [6, 6.07) is 5.75. The van der Waals surface area contributed by atoms with Crippen LogP contribution in [0.1, 0.15) is 24.2 Å². The molecule has 0 radical (unpaired) electrons. The molecule has 0 bridgehead atoms. The highest BCUT2D eigenvalue weighted by Crippen LogP contribution is 2.22. The fraction of sp³-hybridized carbons (Fsp3) is 0.231. The minimum atomic E-state index is -3.94. The molecule has 24 heavy (non-hydrogen) atoms. The van der Waals surface area contributed by atoms with E-state index in [9.17, 15) is 18.0 Å². The van der Waals surface area contributed by atoms with Crippen molar-refractivity contribution in [2.24, 2.45) is 0 Å². The van der Waals surface area contributed by atoms with Crippen LogP contribution in [0.15, 0.2) is 28.6 Å². The minimum Gasteiger partial charge on any atom is -0.462 e. The number of nitrogens with zero attached hydrogens (tertiary/aromatic N) is 2. The number of hydrogen-bond acceptors (Lipinski definition) is 8. The molecule has 1 aromatic carbocycles. The smallest absolute Gasteiger partial charge is 0.338 e. The van der Waals surface area contributed by atoms with Crippen LogP contribution in [-0.4, -0.2) is 37.1 Å². The van der Waals surface area contributed by atoms with Crippen LogP contribution < -0.4 is 10.0 Å². The minimum absolute atomic E-state index is 0.0838.